The number of methoxy groups -OCH3 is 2. The molecule has 0 saturated carbocycles. The molecule has 5 heteroatoms. The number of fused-ring (bicyclic) bond motifs is 3. The molecule has 0 fully saturated rings. The first-order valence-corrected chi connectivity index (χ1v) is 6.84. The van der Waals surface area contributed by atoms with Crippen LogP contribution in [0.4, 0.5) is 8.78 Å². The SMILES string of the molecule is COc1c(F)c(F)c2c(c1OC)-c1ccccc1CC#CC2=O. The molecule has 3 rings (SSSR count). The second-order valence-electron chi connectivity index (χ2n) is 4.91. The number of hydrogen-bond acceptors (Lipinski definition) is 3. The van der Waals surface area contributed by atoms with Crippen LogP contribution in [0.25, 0.3) is 11.1 Å². The minimum Gasteiger partial charge on any atom is -0.492 e. The van der Waals surface area contributed by atoms with Crippen LogP contribution in [0, 0.1) is 23.5 Å². The van der Waals surface area contributed by atoms with Gasteiger partial charge in [0.2, 0.25) is 17.3 Å². The average molecular weight is 314 g/mol. The Bertz CT molecular complexity index is 876. The first kappa shape index (κ1) is 15.0. The van der Waals surface area contributed by atoms with E-state index >= 15 is 0 Å². The van der Waals surface area contributed by atoms with Crippen LogP contribution in [0.15, 0.2) is 24.3 Å². The fourth-order valence-corrected chi connectivity index (χ4v) is 2.69. The molecule has 2 aromatic rings. The minimum absolute atomic E-state index is 0.0223. The van der Waals surface area contributed by atoms with Crippen molar-refractivity contribution in [1.82, 2.24) is 0 Å². The second-order valence-corrected chi connectivity index (χ2v) is 4.91. The summed E-state index contributed by atoms with van der Waals surface area (Å²) in [5.74, 6) is 1.30. The van der Waals surface area contributed by atoms with Gasteiger partial charge in [0.25, 0.3) is 0 Å². The summed E-state index contributed by atoms with van der Waals surface area (Å²) in [7, 11) is 2.52. The van der Waals surface area contributed by atoms with Gasteiger partial charge in [0.15, 0.2) is 11.6 Å². The molecule has 3 nitrogen and oxygen atoms in total. The molecular formula is C18H12F2O3. The van der Waals surface area contributed by atoms with Crippen LogP contribution in [0.2, 0.25) is 0 Å². The van der Waals surface area contributed by atoms with Gasteiger partial charge in [0, 0.05) is 12.0 Å². The van der Waals surface area contributed by atoms with Crippen molar-refractivity contribution < 1.29 is 23.0 Å². The van der Waals surface area contributed by atoms with Gasteiger partial charge in [-0.15, -0.1) is 0 Å². The highest BCUT2D eigenvalue weighted by Crippen LogP contribution is 2.45. The van der Waals surface area contributed by atoms with Crippen molar-refractivity contribution in [3.63, 3.8) is 0 Å². The summed E-state index contributed by atoms with van der Waals surface area (Å²) in [5, 5.41) is 0. The normalized spacial score (nSPS) is 12.3. The molecule has 1 aliphatic rings. The Hall–Kier alpha value is -2.87. The Balaban J connectivity index is 2.52. The average Bonchev–Trinajstić information content (AvgIpc) is 2.55. The van der Waals surface area contributed by atoms with E-state index in [1.807, 2.05) is 12.1 Å². The van der Waals surface area contributed by atoms with Crippen molar-refractivity contribution in [1.29, 1.82) is 0 Å². The summed E-state index contributed by atoms with van der Waals surface area (Å²) in [6, 6.07) is 7.09. The van der Waals surface area contributed by atoms with Crippen LogP contribution in [-0.2, 0) is 6.42 Å². The van der Waals surface area contributed by atoms with Gasteiger partial charge in [0.05, 0.1) is 19.8 Å². The van der Waals surface area contributed by atoms with Crippen molar-refractivity contribution in [2.24, 2.45) is 0 Å². The number of ether oxygens (including phenoxy) is 2. The molecule has 0 spiro atoms. The van der Waals surface area contributed by atoms with E-state index in [4.69, 9.17) is 9.47 Å². The molecule has 0 bridgehead atoms. The first-order valence-electron chi connectivity index (χ1n) is 6.84. The third-order valence-electron chi connectivity index (χ3n) is 3.70. The highest BCUT2D eigenvalue weighted by Gasteiger charge is 2.31. The highest BCUT2D eigenvalue weighted by molar-refractivity contribution is 6.15. The van der Waals surface area contributed by atoms with Gasteiger partial charge in [-0.05, 0) is 17.0 Å². The molecule has 0 heterocycles. The number of carbonyl (C=O) groups excluding carboxylic acids is 1. The fourth-order valence-electron chi connectivity index (χ4n) is 2.69. The lowest BCUT2D eigenvalue weighted by molar-refractivity contribution is 0.105. The largest absolute Gasteiger partial charge is 0.492 e. The number of benzene rings is 2. The summed E-state index contributed by atoms with van der Waals surface area (Å²) in [4.78, 5) is 12.2. The standard InChI is InChI=1S/C18H12F2O3/c1-22-17-13-11-8-4-3-6-10(11)7-5-9-12(21)14(13)15(19)16(20)18(17)23-2/h3-4,6,8H,7H2,1-2H3. The molecule has 0 amide bonds. The number of hydrogen-bond donors (Lipinski definition) is 0. The van der Waals surface area contributed by atoms with Gasteiger partial charge in [-0.2, -0.15) is 4.39 Å². The molecule has 23 heavy (non-hydrogen) atoms. The molecule has 116 valence electrons. The van der Waals surface area contributed by atoms with E-state index in [1.165, 1.54) is 14.2 Å². The maximum absolute atomic E-state index is 14.5. The van der Waals surface area contributed by atoms with Crippen LogP contribution in [0.3, 0.4) is 0 Å². The number of rotatable bonds is 2. The van der Waals surface area contributed by atoms with Crippen LogP contribution < -0.4 is 9.47 Å². The molecular weight excluding hydrogens is 302 g/mol. The second kappa shape index (κ2) is 5.73. The van der Waals surface area contributed by atoms with Crippen molar-refractivity contribution in [3.8, 4) is 34.5 Å². The van der Waals surface area contributed by atoms with E-state index < -0.39 is 23.0 Å². The van der Waals surface area contributed by atoms with Crippen molar-refractivity contribution in [2.75, 3.05) is 14.2 Å². The zero-order valence-corrected chi connectivity index (χ0v) is 12.5. The maximum atomic E-state index is 14.5. The molecule has 0 radical (unpaired) electrons. The maximum Gasteiger partial charge on any atom is 0.239 e. The Morgan fingerprint density at radius 3 is 2.39 bits per heavy atom. The summed E-state index contributed by atoms with van der Waals surface area (Å²) < 4.78 is 38.9. The Morgan fingerprint density at radius 1 is 1.00 bits per heavy atom. The fraction of sp³-hybridized carbons (Fsp3) is 0.167. The molecule has 0 unspecified atom stereocenters. The predicted molar refractivity (Wildman–Crippen MR) is 80.7 cm³/mol. The topological polar surface area (TPSA) is 35.5 Å². The van der Waals surface area contributed by atoms with Gasteiger partial charge < -0.3 is 9.47 Å². The van der Waals surface area contributed by atoms with Gasteiger partial charge in [-0.25, -0.2) is 4.39 Å². The van der Waals surface area contributed by atoms with Gasteiger partial charge in [-0.1, -0.05) is 30.2 Å². The quantitative estimate of drug-likeness (QED) is 0.629. The van der Waals surface area contributed by atoms with Crippen molar-refractivity contribution in [3.05, 3.63) is 47.0 Å². The van der Waals surface area contributed by atoms with Crippen LogP contribution in [-0.4, -0.2) is 20.0 Å². The summed E-state index contributed by atoms with van der Waals surface area (Å²) >= 11 is 0. The molecule has 0 N–H and O–H groups in total. The van der Waals surface area contributed by atoms with E-state index in [0.717, 1.165) is 5.56 Å². The van der Waals surface area contributed by atoms with Crippen molar-refractivity contribution in [2.45, 2.75) is 6.42 Å². The Labute approximate surface area is 131 Å². The van der Waals surface area contributed by atoms with Crippen LogP contribution in [0.1, 0.15) is 15.9 Å². The number of Topliss-reactive ketones (excluding diaryl/α,β-unsaturated/α-hetero) is 1. The summed E-state index contributed by atoms with van der Waals surface area (Å²) in [6.45, 7) is 0. The zero-order chi connectivity index (χ0) is 16.6. The van der Waals surface area contributed by atoms with Crippen LogP contribution >= 0.6 is 0 Å². The molecule has 0 aromatic heterocycles. The summed E-state index contributed by atoms with van der Waals surface area (Å²) in [5.41, 5.74) is 1.09. The molecule has 0 atom stereocenters. The number of halogens is 2. The summed E-state index contributed by atoms with van der Waals surface area (Å²) in [6.07, 6.45) is 0.325. The first-order chi connectivity index (χ1) is 11.1. The van der Waals surface area contributed by atoms with E-state index in [-0.39, 0.29) is 17.1 Å². The lowest BCUT2D eigenvalue weighted by Gasteiger charge is -2.20. The third kappa shape index (κ3) is 2.23. The lowest BCUT2D eigenvalue weighted by atomic mass is 9.89. The van der Waals surface area contributed by atoms with Crippen molar-refractivity contribution >= 4 is 5.78 Å². The molecule has 0 aliphatic heterocycles. The predicted octanol–water partition coefficient (Wildman–Crippen LogP) is 3.39. The third-order valence-corrected chi connectivity index (χ3v) is 3.70. The lowest BCUT2D eigenvalue weighted by Crippen LogP contribution is -2.11. The molecule has 0 saturated heterocycles. The Morgan fingerprint density at radius 2 is 1.70 bits per heavy atom. The smallest absolute Gasteiger partial charge is 0.239 e. The van der Waals surface area contributed by atoms with Gasteiger partial charge in [0.1, 0.15) is 0 Å². The zero-order valence-electron chi connectivity index (χ0n) is 12.5. The van der Waals surface area contributed by atoms with Gasteiger partial charge >= 0.3 is 0 Å². The minimum atomic E-state index is -1.28. The number of carbonyl (C=O) groups is 1. The Kier molecular flexibility index (Phi) is 3.75. The van der Waals surface area contributed by atoms with E-state index in [1.54, 1.807) is 12.1 Å². The van der Waals surface area contributed by atoms with E-state index in [0.29, 0.717) is 12.0 Å². The monoisotopic (exact) mass is 314 g/mol. The van der Waals surface area contributed by atoms with Crippen LogP contribution in [0.5, 0.6) is 11.5 Å². The van der Waals surface area contributed by atoms with E-state index in [2.05, 4.69) is 11.8 Å². The van der Waals surface area contributed by atoms with E-state index in [9.17, 15) is 13.6 Å². The molecule has 1 aliphatic carbocycles. The molecule has 2 aromatic carbocycles. The highest BCUT2D eigenvalue weighted by atomic mass is 19.2. The number of ketones is 1. The van der Waals surface area contributed by atoms with Gasteiger partial charge in [-0.3, -0.25) is 4.79 Å².